The van der Waals surface area contributed by atoms with E-state index in [4.69, 9.17) is 20.3 Å². The second-order valence-corrected chi connectivity index (χ2v) is 6.25. The molecule has 0 saturated carbocycles. The molecule has 0 saturated heterocycles. The van der Waals surface area contributed by atoms with Crippen LogP contribution in [0, 0.1) is 5.92 Å². The van der Waals surface area contributed by atoms with Gasteiger partial charge in [0.25, 0.3) is 0 Å². The Morgan fingerprint density at radius 1 is 1.22 bits per heavy atom. The summed E-state index contributed by atoms with van der Waals surface area (Å²) in [6.45, 7) is 8.70. The van der Waals surface area contributed by atoms with Crippen LogP contribution in [-0.4, -0.2) is 29.8 Å². The Morgan fingerprint density at radius 2 is 1.74 bits per heavy atom. The quantitative estimate of drug-likeness (QED) is 0.691. The standard InChI is InChI=1S/C18H29NO4/c1-5-22-15-9-14(10-16(11-15)23-6-2)8-7-13(3)12-18(4,19)17(20)21/h9-11,13H,5-8,12,19H2,1-4H3,(H,20,21). The van der Waals surface area contributed by atoms with Crippen LogP contribution in [0.4, 0.5) is 0 Å². The molecule has 0 fully saturated rings. The van der Waals surface area contributed by atoms with Crippen LogP contribution in [-0.2, 0) is 11.2 Å². The highest BCUT2D eigenvalue weighted by Gasteiger charge is 2.29. The summed E-state index contributed by atoms with van der Waals surface area (Å²) in [5, 5.41) is 9.11. The van der Waals surface area contributed by atoms with E-state index in [0.717, 1.165) is 29.9 Å². The van der Waals surface area contributed by atoms with Crippen molar-refractivity contribution >= 4 is 5.97 Å². The summed E-state index contributed by atoms with van der Waals surface area (Å²) >= 11 is 0. The van der Waals surface area contributed by atoms with Gasteiger partial charge < -0.3 is 20.3 Å². The fraction of sp³-hybridized carbons (Fsp3) is 0.611. The molecule has 1 rings (SSSR count). The van der Waals surface area contributed by atoms with Crippen molar-refractivity contribution in [2.24, 2.45) is 11.7 Å². The first-order valence-corrected chi connectivity index (χ1v) is 8.20. The molecule has 2 atom stereocenters. The minimum Gasteiger partial charge on any atom is -0.494 e. The average molecular weight is 323 g/mol. The molecule has 0 aliphatic carbocycles. The second kappa shape index (κ2) is 8.77. The zero-order chi connectivity index (χ0) is 17.5. The molecular formula is C18H29NO4. The molecule has 5 heteroatoms. The smallest absolute Gasteiger partial charge is 0.323 e. The SMILES string of the molecule is CCOc1cc(CCC(C)CC(C)(N)C(=O)O)cc(OCC)c1. The van der Waals surface area contributed by atoms with Gasteiger partial charge in [-0.2, -0.15) is 0 Å². The summed E-state index contributed by atoms with van der Waals surface area (Å²) < 4.78 is 11.1. The minimum atomic E-state index is -1.18. The molecule has 2 unspecified atom stereocenters. The van der Waals surface area contributed by atoms with Gasteiger partial charge in [-0.3, -0.25) is 4.79 Å². The minimum absolute atomic E-state index is 0.215. The third-order valence-corrected chi connectivity index (χ3v) is 3.75. The van der Waals surface area contributed by atoms with Gasteiger partial charge in [-0.25, -0.2) is 0 Å². The molecule has 0 bridgehead atoms. The van der Waals surface area contributed by atoms with E-state index in [0.29, 0.717) is 19.6 Å². The predicted molar refractivity (Wildman–Crippen MR) is 91.1 cm³/mol. The fourth-order valence-electron chi connectivity index (χ4n) is 2.60. The first-order valence-electron chi connectivity index (χ1n) is 8.20. The number of benzene rings is 1. The van der Waals surface area contributed by atoms with Crippen LogP contribution in [0.1, 0.15) is 46.1 Å². The summed E-state index contributed by atoms with van der Waals surface area (Å²) in [5.74, 6) is 0.860. The van der Waals surface area contributed by atoms with Gasteiger partial charge in [-0.05, 0) is 63.6 Å². The number of nitrogens with two attached hydrogens (primary N) is 1. The van der Waals surface area contributed by atoms with Gasteiger partial charge in [0.15, 0.2) is 0 Å². The van der Waals surface area contributed by atoms with E-state index in [9.17, 15) is 4.79 Å². The summed E-state index contributed by atoms with van der Waals surface area (Å²) in [4.78, 5) is 11.1. The average Bonchev–Trinajstić information content (AvgIpc) is 2.45. The number of carboxylic acid groups (broad SMARTS) is 1. The van der Waals surface area contributed by atoms with Crippen molar-refractivity contribution in [3.63, 3.8) is 0 Å². The van der Waals surface area contributed by atoms with Gasteiger partial charge in [0.05, 0.1) is 13.2 Å². The van der Waals surface area contributed by atoms with Crippen molar-refractivity contribution in [3.8, 4) is 11.5 Å². The van der Waals surface area contributed by atoms with E-state index < -0.39 is 11.5 Å². The largest absolute Gasteiger partial charge is 0.494 e. The Morgan fingerprint density at radius 3 is 2.17 bits per heavy atom. The second-order valence-electron chi connectivity index (χ2n) is 6.25. The third kappa shape index (κ3) is 6.48. The molecule has 0 heterocycles. The summed E-state index contributed by atoms with van der Waals surface area (Å²) in [6, 6.07) is 5.91. The number of aryl methyl sites for hydroxylation is 1. The van der Waals surface area contributed by atoms with E-state index in [2.05, 4.69) is 0 Å². The van der Waals surface area contributed by atoms with Crippen LogP contribution in [0.5, 0.6) is 11.5 Å². The lowest BCUT2D eigenvalue weighted by atomic mass is 9.87. The maximum Gasteiger partial charge on any atom is 0.323 e. The number of hydrogen-bond acceptors (Lipinski definition) is 4. The molecular weight excluding hydrogens is 294 g/mol. The maximum atomic E-state index is 11.1. The Kier molecular flexibility index (Phi) is 7.36. The summed E-state index contributed by atoms with van der Waals surface area (Å²) in [7, 11) is 0. The molecule has 0 amide bonds. The monoisotopic (exact) mass is 323 g/mol. The normalized spacial score (nSPS) is 14.8. The molecule has 3 N–H and O–H groups in total. The van der Waals surface area contributed by atoms with Gasteiger partial charge in [0, 0.05) is 6.07 Å². The highest BCUT2D eigenvalue weighted by atomic mass is 16.5. The van der Waals surface area contributed by atoms with Crippen molar-refractivity contribution in [3.05, 3.63) is 23.8 Å². The zero-order valence-corrected chi connectivity index (χ0v) is 14.6. The molecule has 0 aromatic heterocycles. The van der Waals surface area contributed by atoms with Crippen LogP contribution in [0.3, 0.4) is 0 Å². The zero-order valence-electron chi connectivity index (χ0n) is 14.6. The van der Waals surface area contributed by atoms with Gasteiger partial charge in [0.2, 0.25) is 0 Å². The first-order chi connectivity index (χ1) is 10.8. The van der Waals surface area contributed by atoms with Gasteiger partial charge in [-0.15, -0.1) is 0 Å². The summed E-state index contributed by atoms with van der Waals surface area (Å²) in [6.07, 6.45) is 2.14. The Bertz CT molecular complexity index is 489. The molecule has 0 spiro atoms. The number of hydrogen-bond donors (Lipinski definition) is 2. The molecule has 0 aliphatic rings. The van der Waals surface area contributed by atoms with Crippen LogP contribution in [0.2, 0.25) is 0 Å². The van der Waals surface area contributed by atoms with E-state index in [1.165, 1.54) is 0 Å². The summed E-state index contributed by atoms with van der Waals surface area (Å²) in [5.41, 5.74) is 5.76. The first kappa shape index (κ1) is 19.3. The molecule has 130 valence electrons. The van der Waals surface area contributed by atoms with Crippen molar-refractivity contribution in [2.75, 3.05) is 13.2 Å². The van der Waals surface area contributed by atoms with E-state index >= 15 is 0 Å². The number of rotatable bonds is 10. The molecule has 5 nitrogen and oxygen atoms in total. The third-order valence-electron chi connectivity index (χ3n) is 3.75. The number of aliphatic carboxylic acids is 1. The Balaban J connectivity index is 2.70. The molecule has 23 heavy (non-hydrogen) atoms. The molecule has 1 aromatic rings. The highest BCUT2D eigenvalue weighted by Crippen LogP contribution is 2.26. The van der Waals surface area contributed by atoms with Crippen molar-refractivity contribution in [1.82, 2.24) is 0 Å². The van der Waals surface area contributed by atoms with E-state index in [1.54, 1.807) is 6.92 Å². The van der Waals surface area contributed by atoms with Crippen LogP contribution >= 0.6 is 0 Å². The van der Waals surface area contributed by atoms with Crippen LogP contribution in [0.15, 0.2) is 18.2 Å². The number of carboxylic acids is 1. The van der Waals surface area contributed by atoms with Crippen LogP contribution < -0.4 is 15.2 Å². The number of carbonyl (C=O) groups is 1. The van der Waals surface area contributed by atoms with Crippen molar-refractivity contribution < 1.29 is 19.4 Å². The Hall–Kier alpha value is -1.75. The van der Waals surface area contributed by atoms with Gasteiger partial charge in [0.1, 0.15) is 17.0 Å². The lowest BCUT2D eigenvalue weighted by Crippen LogP contribution is -2.46. The number of ether oxygens (including phenoxy) is 2. The highest BCUT2D eigenvalue weighted by molar-refractivity contribution is 5.77. The fourth-order valence-corrected chi connectivity index (χ4v) is 2.60. The van der Waals surface area contributed by atoms with Crippen molar-refractivity contribution in [2.45, 2.75) is 52.5 Å². The Labute approximate surface area is 138 Å². The topological polar surface area (TPSA) is 81.8 Å². The van der Waals surface area contributed by atoms with E-state index in [1.807, 2.05) is 39.0 Å². The van der Waals surface area contributed by atoms with Crippen molar-refractivity contribution in [1.29, 1.82) is 0 Å². The lowest BCUT2D eigenvalue weighted by Gasteiger charge is -2.23. The van der Waals surface area contributed by atoms with Gasteiger partial charge in [-0.1, -0.05) is 6.92 Å². The van der Waals surface area contributed by atoms with E-state index in [-0.39, 0.29) is 5.92 Å². The molecule has 0 radical (unpaired) electrons. The predicted octanol–water partition coefficient (Wildman–Crippen LogP) is 3.24. The van der Waals surface area contributed by atoms with Gasteiger partial charge >= 0.3 is 5.97 Å². The van der Waals surface area contributed by atoms with Crippen LogP contribution in [0.25, 0.3) is 0 Å². The molecule has 0 aliphatic heterocycles. The lowest BCUT2D eigenvalue weighted by molar-refractivity contribution is -0.143. The molecule has 1 aromatic carbocycles. The maximum absolute atomic E-state index is 11.1.